The van der Waals surface area contributed by atoms with Crippen LogP contribution in [-0.4, -0.2) is 28.4 Å². The number of thiophene rings is 1. The molecule has 1 heterocycles. The molecule has 18 heavy (non-hydrogen) atoms. The zero-order valence-corrected chi connectivity index (χ0v) is 13.1. The first-order valence-corrected chi connectivity index (χ1v) is 6.95. The van der Waals surface area contributed by atoms with E-state index in [0.29, 0.717) is 0 Å². The van der Waals surface area contributed by atoms with Crippen molar-refractivity contribution >= 4 is 27.3 Å². The van der Waals surface area contributed by atoms with Gasteiger partial charge >= 0.3 is 0 Å². The number of ether oxygens (including phenoxy) is 4. The van der Waals surface area contributed by atoms with Crippen LogP contribution in [0.4, 0.5) is 0 Å². The topological polar surface area (TPSA) is 36.9 Å². The van der Waals surface area contributed by atoms with Crippen molar-refractivity contribution in [1.29, 1.82) is 0 Å². The minimum Gasteiger partial charge on any atom is -0.345 e. The summed E-state index contributed by atoms with van der Waals surface area (Å²) in [6.07, 6.45) is 1.82. The maximum absolute atomic E-state index is 5.57. The molecule has 0 aliphatic heterocycles. The van der Waals surface area contributed by atoms with E-state index in [4.69, 9.17) is 18.9 Å². The van der Waals surface area contributed by atoms with Crippen molar-refractivity contribution in [2.45, 2.75) is 11.6 Å². The molecule has 0 spiro atoms. The lowest BCUT2D eigenvalue weighted by molar-refractivity contribution is -0.210. The van der Waals surface area contributed by atoms with E-state index in [1.165, 1.54) is 0 Å². The van der Waals surface area contributed by atoms with Crippen molar-refractivity contribution in [2.75, 3.05) is 28.4 Å². The van der Waals surface area contributed by atoms with E-state index in [1.54, 1.807) is 39.8 Å². The van der Waals surface area contributed by atoms with Crippen LogP contribution < -0.4 is 0 Å². The molecule has 1 aliphatic rings. The Morgan fingerprint density at radius 2 is 1.67 bits per heavy atom. The average Bonchev–Trinajstić information content (AvgIpc) is 2.89. The van der Waals surface area contributed by atoms with Gasteiger partial charge in [-0.2, -0.15) is 0 Å². The molecule has 1 aromatic heterocycles. The molecule has 2 rings (SSSR count). The third-order valence-corrected chi connectivity index (χ3v) is 4.91. The molecule has 0 fully saturated rings. The van der Waals surface area contributed by atoms with E-state index in [9.17, 15) is 0 Å². The molecule has 0 N–H and O–H groups in total. The lowest BCUT2D eigenvalue weighted by Gasteiger charge is -2.40. The molecule has 1 aliphatic carbocycles. The van der Waals surface area contributed by atoms with Crippen LogP contribution in [0.25, 0.3) is 0 Å². The van der Waals surface area contributed by atoms with E-state index < -0.39 is 11.6 Å². The monoisotopic (exact) mass is 334 g/mol. The molecule has 0 aromatic carbocycles. The van der Waals surface area contributed by atoms with Crippen molar-refractivity contribution in [1.82, 2.24) is 0 Å². The number of fused-ring (bicyclic) bond motifs is 1. The van der Waals surface area contributed by atoms with E-state index in [-0.39, 0.29) is 0 Å². The lowest BCUT2D eigenvalue weighted by Crippen LogP contribution is -2.41. The van der Waals surface area contributed by atoms with Crippen LogP contribution >= 0.6 is 27.3 Å². The molecule has 0 atom stereocenters. The van der Waals surface area contributed by atoms with Gasteiger partial charge < -0.3 is 18.9 Å². The largest absolute Gasteiger partial charge is 0.345 e. The molecule has 100 valence electrons. The van der Waals surface area contributed by atoms with Gasteiger partial charge in [0.25, 0.3) is 0 Å². The molecule has 0 amide bonds. The fourth-order valence-corrected chi connectivity index (χ4v) is 4.08. The molecular weight excluding hydrogens is 320 g/mol. The summed E-state index contributed by atoms with van der Waals surface area (Å²) in [6.45, 7) is 0. The van der Waals surface area contributed by atoms with Gasteiger partial charge in [-0.3, -0.25) is 0 Å². The minimum absolute atomic E-state index is 0.717. The van der Waals surface area contributed by atoms with E-state index in [0.717, 1.165) is 14.9 Å². The molecular formula is C12H15BrO4S. The van der Waals surface area contributed by atoms with Crippen LogP contribution in [0.5, 0.6) is 0 Å². The molecule has 0 saturated heterocycles. The van der Waals surface area contributed by atoms with Crippen LogP contribution in [0.2, 0.25) is 0 Å². The van der Waals surface area contributed by atoms with Crippen LogP contribution in [0, 0.1) is 0 Å². The van der Waals surface area contributed by atoms with Crippen molar-refractivity contribution < 1.29 is 18.9 Å². The Kier molecular flexibility index (Phi) is 3.96. The van der Waals surface area contributed by atoms with E-state index in [2.05, 4.69) is 15.9 Å². The second-order valence-electron chi connectivity index (χ2n) is 3.76. The summed E-state index contributed by atoms with van der Waals surface area (Å²) in [7, 11) is 6.42. The molecule has 1 aromatic rings. The summed E-state index contributed by atoms with van der Waals surface area (Å²) in [5.41, 5.74) is 0.885. The highest BCUT2D eigenvalue weighted by Gasteiger charge is 2.50. The Hall–Kier alpha value is -0.240. The van der Waals surface area contributed by atoms with Crippen molar-refractivity contribution in [3.05, 3.63) is 32.4 Å². The van der Waals surface area contributed by atoms with Gasteiger partial charge in [-0.05, 0) is 33.5 Å². The van der Waals surface area contributed by atoms with Crippen LogP contribution in [0.3, 0.4) is 0 Å². The summed E-state index contributed by atoms with van der Waals surface area (Å²) in [5, 5.41) is 1.96. The van der Waals surface area contributed by atoms with Crippen LogP contribution in [-0.2, 0) is 30.5 Å². The summed E-state index contributed by atoms with van der Waals surface area (Å²) in [5.74, 6) is -1.83. The number of methoxy groups -OCH3 is 4. The second-order valence-corrected chi connectivity index (χ2v) is 5.53. The normalized spacial score (nSPS) is 20.4. The van der Waals surface area contributed by atoms with Gasteiger partial charge in [0, 0.05) is 34.0 Å². The van der Waals surface area contributed by atoms with Crippen LogP contribution in [0.15, 0.2) is 22.0 Å². The summed E-state index contributed by atoms with van der Waals surface area (Å²) < 4.78 is 22.9. The fraction of sp³-hybridized carbons (Fsp3) is 0.500. The molecule has 0 bridgehead atoms. The molecule has 4 nitrogen and oxygen atoms in total. The van der Waals surface area contributed by atoms with E-state index in [1.807, 2.05) is 17.5 Å². The summed E-state index contributed by atoms with van der Waals surface area (Å²) in [6, 6.07) is 1.95. The quantitative estimate of drug-likeness (QED) is 0.793. The van der Waals surface area contributed by atoms with Gasteiger partial charge in [0.15, 0.2) is 0 Å². The minimum atomic E-state index is -0.935. The maximum Gasteiger partial charge on any atom is 0.229 e. The lowest BCUT2D eigenvalue weighted by atomic mass is 9.95. The zero-order valence-electron chi connectivity index (χ0n) is 10.7. The van der Waals surface area contributed by atoms with Gasteiger partial charge in [0.05, 0.1) is 9.36 Å². The first-order valence-electron chi connectivity index (χ1n) is 5.28. The standard InChI is InChI=1S/C12H15BrO4S/c1-14-11(15-2)7-9(13)12(16-3,17-4)8-5-6-18-10(8)11/h5-7H,1-4H3. The highest BCUT2D eigenvalue weighted by Crippen LogP contribution is 2.51. The van der Waals surface area contributed by atoms with Gasteiger partial charge in [-0.25, -0.2) is 0 Å². The average molecular weight is 335 g/mol. The highest BCUT2D eigenvalue weighted by atomic mass is 79.9. The second kappa shape index (κ2) is 5.03. The molecule has 0 unspecified atom stereocenters. The third kappa shape index (κ3) is 1.71. The van der Waals surface area contributed by atoms with Gasteiger partial charge in [0.1, 0.15) is 0 Å². The Bertz CT molecular complexity index is 460. The third-order valence-electron chi connectivity index (χ3n) is 3.15. The van der Waals surface area contributed by atoms with Gasteiger partial charge in [0.2, 0.25) is 11.6 Å². The highest BCUT2D eigenvalue weighted by molar-refractivity contribution is 9.11. The first-order chi connectivity index (χ1) is 8.60. The van der Waals surface area contributed by atoms with Crippen molar-refractivity contribution in [3.8, 4) is 0 Å². The maximum atomic E-state index is 5.57. The summed E-state index contributed by atoms with van der Waals surface area (Å²) >= 11 is 5.04. The van der Waals surface area contributed by atoms with Gasteiger partial charge in [-0.1, -0.05) is 0 Å². The zero-order chi connectivity index (χ0) is 13.4. The number of rotatable bonds is 4. The van der Waals surface area contributed by atoms with Gasteiger partial charge in [-0.15, -0.1) is 11.3 Å². The Morgan fingerprint density at radius 1 is 1.06 bits per heavy atom. The predicted molar refractivity (Wildman–Crippen MR) is 72.7 cm³/mol. The fourth-order valence-electron chi connectivity index (χ4n) is 2.18. The SMILES string of the molecule is COC1(OC)C=C(Br)C(OC)(OC)c2ccsc21. The Balaban J connectivity index is 2.69. The Morgan fingerprint density at radius 3 is 2.17 bits per heavy atom. The van der Waals surface area contributed by atoms with Crippen molar-refractivity contribution in [3.63, 3.8) is 0 Å². The first kappa shape index (κ1) is 14.2. The Labute approximate surface area is 119 Å². The smallest absolute Gasteiger partial charge is 0.229 e. The number of hydrogen-bond donors (Lipinski definition) is 0. The molecule has 6 heteroatoms. The van der Waals surface area contributed by atoms with E-state index >= 15 is 0 Å². The summed E-state index contributed by atoms with van der Waals surface area (Å²) in [4.78, 5) is 0.916. The number of hydrogen-bond acceptors (Lipinski definition) is 5. The van der Waals surface area contributed by atoms with Crippen molar-refractivity contribution in [2.24, 2.45) is 0 Å². The molecule has 0 saturated carbocycles. The van der Waals surface area contributed by atoms with Crippen LogP contribution in [0.1, 0.15) is 10.4 Å². The number of halogens is 1. The molecule has 0 radical (unpaired) electrons. The predicted octanol–water partition coefficient (Wildman–Crippen LogP) is 2.93.